The molecule has 0 saturated heterocycles. The predicted octanol–water partition coefficient (Wildman–Crippen LogP) is 4.57. The van der Waals surface area contributed by atoms with Crippen molar-refractivity contribution in [1.29, 1.82) is 5.26 Å². The van der Waals surface area contributed by atoms with Crippen LogP contribution >= 0.6 is 11.6 Å². The van der Waals surface area contributed by atoms with Crippen molar-refractivity contribution in [2.75, 3.05) is 5.32 Å². The Kier molecular flexibility index (Phi) is 4.11. The molecule has 0 atom stereocenters. The lowest BCUT2D eigenvalue weighted by Crippen LogP contribution is -2.13. The van der Waals surface area contributed by atoms with Gasteiger partial charge in [0.05, 0.1) is 33.5 Å². The summed E-state index contributed by atoms with van der Waals surface area (Å²) in [7, 11) is 0. The SMILES string of the molecule is Cc1noc2nc(-c3ccco3)cc(C(=O)Nc3ccc(C#N)c(Cl)c3)c12. The van der Waals surface area contributed by atoms with Gasteiger partial charge in [-0.2, -0.15) is 5.26 Å². The summed E-state index contributed by atoms with van der Waals surface area (Å²) in [6.07, 6.45) is 1.52. The lowest BCUT2D eigenvalue weighted by atomic mass is 10.1. The molecule has 0 aliphatic carbocycles. The first-order valence-corrected chi connectivity index (χ1v) is 8.26. The summed E-state index contributed by atoms with van der Waals surface area (Å²) in [4.78, 5) is 17.3. The van der Waals surface area contributed by atoms with Gasteiger partial charge in [0.2, 0.25) is 0 Å². The zero-order valence-corrected chi connectivity index (χ0v) is 14.7. The molecular formula is C19H11ClN4O3. The van der Waals surface area contributed by atoms with E-state index in [2.05, 4.69) is 15.5 Å². The fourth-order valence-corrected chi connectivity index (χ4v) is 2.93. The van der Waals surface area contributed by atoms with Gasteiger partial charge >= 0.3 is 0 Å². The van der Waals surface area contributed by atoms with Crippen molar-refractivity contribution in [3.05, 3.63) is 64.5 Å². The molecule has 8 heteroatoms. The highest BCUT2D eigenvalue weighted by atomic mass is 35.5. The van der Waals surface area contributed by atoms with E-state index in [1.807, 2.05) is 6.07 Å². The highest BCUT2D eigenvalue weighted by Gasteiger charge is 2.20. The number of furan rings is 1. The van der Waals surface area contributed by atoms with E-state index in [1.54, 1.807) is 37.3 Å². The van der Waals surface area contributed by atoms with Gasteiger partial charge in [-0.15, -0.1) is 0 Å². The molecule has 4 aromatic rings. The maximum atomic E-state index is 12.9. The van der Waals surface area contributed by atoms with Crippen LogP contribution in [0.1, 0.15) is 21.6 Å². The molecule has 132 valence electrons. The molecule has 4 rings (SSSR count). The summed E-state index contributed by atoms with van der Waals surface area (Å²) in [6, 6.07) is 11.7. The highest BCUT2D eigenvalue weighted by molar-refractivity contribution is 6.32. The van der Waals surface area contributed by atoms with E-state index in [0.29, 0.717) is 39.3 Å². The molecule has 1 N–H and O–H groups in total. The van der Waals surface area contributed by atoms with Crippen LogP contribution in [-0.2, 0) is 0 Å². The van der Waals surface area contributed by atoms with Gasteiger partial charge < -0.3 is 14.3 Å². The number of carbonyl (C=O) groups is 1. The van der Waals surface area contributed by atoms with Crippen LogP contribution in [0.2, 0.25) is 5.02 Å². The number of nitriles is 1. The Morgan fingerprint density at radius 2 is 2.15 bits per heavy atom. The molecule has 7 nitrogen and oxygen atoms in total. The van der Waals surface area contributed by atoms with E-state index in [9.17, 15) is 4.79 Å². The van der Waals surface area contributed by atoms with Crippen LogP contribution in [0.15, 0.2) is 51.6 Å². The topological polar surface area (TPSA) is 105 Å². The summed E-state index contributed by atoms with van der Waals surface area (Å²) in [6.45, 7) is 1.73. The standard InChI is InChI=1S/C19H11ClN4O3/c1-10-17-13(18(25)22-12-5-4-11(9-21)14(20)7-12)8-15(16-3-2-6-26-16)23-19(17)27-24-10/h2-8H,1H3,(H,22,25). The second kappa shape index (κ2) is 6.59. The van der Waals surface area contributed by atoms with Crippen LogP contribution in [0, 0.1) is 18.3 Å². The number of carbonyl (C=O) groups excluding carboxylic acids is 1. The smallest absolute Gasteiger partial charge is 0.259 e. The van der Waals surface area contributed by atoms with E-state index in [0.717, 1.165) is 0 Å². The predicted molar refractivity (Wildman–Crippen MR) is 98.4 cm³/mol. The molecule has 0 aliphatic heterocycles. The van der Waals surface area contributed by atoms with Gasteiger partial charge in [-0.05, 0) is 43.3 Å². The van der Waals surface area contributed by atoms with Gasteiger partial charge in [0, 0.05) is 5.69 Å². The Bertz CT molecular complexity index is 1210. The molecule has 0 saturated carbocycles. The van der Waals surface area contributed by atoms with E-state index >= 15 is 0 Å². The third-order valence-corrected chi connectivity index (χ3v) is 4.30. The maximum absolute atomic E-state index is 12.9. The Balaban J connectivity index is 1.78. The fraction of sp³-hybridized carbons (Fsp3) is 0.0526. The minimum atomic E-state index is -0.387. The number of amides is 1. The van der Waals surface area contributed by atoms with Gasteiger partial charge in [0.15, 0.2) is 5.76 Å². The van der Waals surface area contributed by atoms with Crippen LogP contribution in [0.25, 0.3) is 22.6 Å². The summed E-state index contributed by atoms with van der Waals surface area (Å²) in [5, 5.41) is 16.4. The van der Waals surface area contributed by atoms with Crippen LogP contribution in [0.4, 0.5) is 5.69 Å². The third kappa shape index (κ3) is 3.03. The number of halogens is 1. The quantitative estimate of drug-likeness (QED) is 0.559. The molecule has 1 aromatic carbocycles. The van der Waals surface area contributed by atoms with Crippen LogP contribution < -0.4 is 5.32 Å². The average Bonchev–Trinajstić information content (AvgIpc) is 3.31. The number of nitrogens with one attached hydrogen (secondary N) is 1. The van der Waals surface area contributed by atoms with Crippen molar-refractivity contribution in [3.8, 4) is 17.5 Å². The Morgan fingerprint density at radius 3 is 2.85 bits per heavy atom. The average molecular weight is 379 g/mol. The minimum Gasteiger partial charge on any atom is -0.463 e. The number of hydrogen-bond donors (Lipinski definition) is 1. The second-order valence-electron chi connectivity index (χ2n) is 5.74. The molecular weight excluding hydrogens is 368 g/mol. The van der Waals surface area contributed by atoms with Gasteiger partial charge in [0.25, 0.3) is 11.6 Å². The zero-order valence-electron chi connectivity index (χ0n) is 14.0. The molecule has 0 bridgehead atoms. The van der Waals surface area contributed by atoms with E-state index in [4.69, 9.17) is 25.8 Å². The molecule has 0 fully saturated rings. The van der Waals surface area contributed by atoms with Gasteiger partial charge in [-0.1, -0.05) is 16.8 Å². The van der Waals surface area contributed by atoms with Crippen molar-refractivity contribution in [1.82, 2.24) is 10.1 Å². The Labute approximate surface area is 158 Å². The van der Waals surface area contributed by atoms with Crippen LogP contribution in [0.3, 0.4) is 0 Å². The number of fused-ring (bicyclic) bond motifs is 1. The molecule has 0 unspecified atom stereocenters. The normalized spacial score (nSPS) is 10.7. The Hall–Kier alpha value is -3.63. The minimum absolute atomic E-state index is 0.240. The summed E-state index contributed by atoms with van der Waals surface area (Å²) in [5.41, 5.74) is 2.37. The molecule has 3 heterocycles. The van der Waals surface area contributed by atoms with E-state index in [1.165, 1.54) is 12.3 Å². The second-order valence-corrected chi connectivity index (χ2v) is 6.15. The molecule has 27 heavy (non-hydrogen) atoms. The number of hydrogen-bond acceptors (Lipinski definition) is 6. The largest absolute Gasteiger partial charge is 0.463 e. The number of rotatable bonds is 3. The number of aryl methyl sites for hydroxylation is 1. The lowest BCUT2D eigenvalue weighted by Gasteiger charge is -2.08. The highest BCUT2D eigenvalue weighted by Crippen LogP contribution is 2.28. The van der Waals surface area contributed by atoms with Gasteiger partial charge in [-0.25, -0.2) is 4.98 Å². The zero-order chi connectivity index (χ0) is 19.0. The fourth-order valence-electron chi connectivity index (χ4n) is 2.71. The van der Waals surface area contributed by atoms with E-state index < -0.39 is 0 Å². The van der Waals surface area contributed by atoms with Crippen LogP contribution in [-0.4, -0.2) is 16.0 Å². The van der Waals surface area contributed by atoms with Gasteiger partial charge in [0.1, 0.15) is 11.8 Å². The van der Waals surface area contributed by atoms with Gasteiger partial charge in [-0.3, -0.25) is 4.79 Å². The first-order chi connectivity index (χ1) is 13.1. The molecule has 0 spiro atoms. The van der Waals surface area contributed by atoms with Crippen molar-refractivity contribution in [3.63, 3.8) is 0 Å². The first-order valence-electron chi connectivity index (χ1n) is 7.88. The summed E-state index contributed by atoms with van der Waals surface area (Å²) < 4.78 is 10.6. The van der Waals surface area contributed by atoms with Crippen molar-refractivity contribution in [2.24, 2.45) is 0 Å². The lowest BCUT2D eigenvalue weighted by molar-refractivity contribution is 0.102. The number of nitrogens with zero attached hydrogens (tertiary/aromatic N) is 3. The number of anilines is 1. The first kappa shape index (κ1) is 16.8. The van der Waals surface area contributed by atoms with E-state index in [-0.39, 0.29) is 16.6 Å². The van der Waals surface area contributed by atoms with Crippen molar-refractivity contribution < 1.29 is 13.7 Å². The number of aromatic nitrogens is 2. The number of benzene rings is 1. The van der Waals surface area contributed by atoms with Crippen LogP contribution in [0.5, 0.6) is 0 Å². The Morgan fingerprint density at radius 1 is 1.30 bits per heavy atom. The summed E-state index contributed by atoms with van der Waals surface area (Å²) >= 11 is 6.03. The monoisotopic (exact) mass is 378 g/mol. The van der Waals surface area contributed by atoms with Crippen molar-refractivity contribution >= 4 is 34.3 Å². The third-order valence-electron chi connectivity index (χ3n) is 3.98. The molecule has 3 aromatic heterocycles. The van der Waals surface area contributed by atoms with Crippen molar-refractivity contribution in [2.45, 2.75) is 6.92 Å². The number of pyridine rings is 1. The summed E-state index contributed by atoms with van der Waals surface area (Å²) in [5.74, 6) is 0.115. The molecule has 0 aliphatic rings. The molecule has 1 amide bonds. The maximum Gasteiger partial charge on any atom is 0.259 e. The molecule has 0 radical (unpaired) electrons.